The molecule has 1 amide bonds. The van der Waals surface area contributed by atoms with E-state index in [9.17, 15) is 9.18 Å². The van der Waals surface area contributed by atoms with Crippen molar-refractivity contribution in [2.45, 2.75) is 24.8 Å². The predicted molar refractivity (Wildman–Crippen MR) is 55.2 cm³/mol. The quantitative estimate of drug-likeness (QED) is 0.682. The number of halogens is 1. The van der Waals surface area contributed by atoms with E-state index in [-0.39, 0.29) is 11.7 Å². The van der Waals surface area contributed by atoms with E-state index in [2.05, 4.69) is 10.6 Å². The summed E-state index contributed by atoms with van der Waals surface area (Å²) < 4.78 is 13.5. The molecular formula is C11H11FN2O. The highest BCUT2D eigenvalue weighted by Crippen LogP contribution is 2.42. The van der Waals surface area contributed by atoms with Gasteiger partial charge in [-0.15, -0.1) is 0 Å². The third-order valence-electron chi connectivity index (χ3n) is 3.27. The van der Waals surface area contributed by atoms with Crippen LogP contribution in [0.3, 0.4) is 0 Å². The minimum Gasteiger partial charge on any atom is -0.367 e. The van der Waals surface area contributed by atoms with Crippen molar-refractivity contribution < 1.29 is 9.18 Å². The summed E-state index contributed by atoms with van der Waals surface area (Å²) in [5.74, 6) is -0.342. The summed E-state index contributed by atoms with van der Waals surface area (Å²) in [6, 6.07) is 4.69. The van der Waals surface area contributed by atoms with Crippen molar-refractivity contribution in [1.82, 2.24) is 0 Å². The third kappa shape index (κ3) is 1.07. The molecule has 1 fully saturated rings. The number of benzene rings is 1. The van der Waals surface area contributed by atoms with E-state index in [4.69, 9.17) is 0 Å². The molecule has 78 valence electrons. The van der Waals surface area contributed by atoms with E-state index in [1.165, 1.54) is 6.07 Å². The average molecular weight is 206 g/mol. The fraction of sp³-hybridized carbons (Fsp3) is 0.364. The molecule has 1 aliphatic heterocycles. The molecule has 1 saturated carbocycles. The minimum absolute atomic E-state index is 0.0353. The number of amides is 1. The Morgan fingerprint density at radius 2 is 2.13 bits per heavy atom. The van der Waals surface area contributed by atoms with Crippen LogP contribution in [-0.2, 0) is 4.79 Å². The number of carbonyl (C=O) groups is 1. The van der Waals surface area contributed by atoms with Crippen molar-refractivity contribution in [3.63, 3.8) is 0 Å². The van der Waals surface area contributed by atoms with Crippen molar-refractivity contribution in [3.8, 4) is 0 Å². The van der Waals surface area contributed by atoms with Crippen LogP contribution in [0.1, 0.15) is 19.3 Å². The Kier molecular flexibility index (Phi) is 1.58. The van der Waals surface area contributed by atoms with Crippen LogP contribution in [0.2, 0.25) is 0 Å². The Hall–Kier alpha value is -1.58. The zero-order valence-corrected chi connectivity index (χ0v) is 8.14. The first-order valence-electron chi connectivity index (χ1n) is 5.09. The van der Waals surface area contributed by atoms with E-state index < -0.39 is 5.54 Å². The second-order valence-electron chi connectivity index (χ2n) is 4.18. The van der Waals surface area contributed by atoms with Crippen molar-refractivity contribution in [2.24, 2.45) is 0 Å². The lowest BCUT2D eigenvalue weighted by atomic mass is 9.74. The minimum atomic E-state index is -0.546. The van der Waals surface area contributed by atoms with Gasteiger partial charge in [0.1, 0.15) is 11.4 Å². The molecule has 0 unspecified atom stereocenters. The molecule has 1 aromatic carbocycles. The summed E-state index contributed by atoms with van der Waals surface area (Å²) in [7, 11) is 0. The third-order valence-corrected chi connectivity index (χ3v) is 3.27. The molecule has 0 aromatic heterocycles. The molecule has 1 heterocycles. The van der Waals surface area contributed by atoms with Crippen LogP contribution < -0.4 is 10.6 Å². The smallest absolute Gasteiger partial charge is 0.250 e. The van der Waals surface area contributed by atoms with Crippen molar-refractivity contribution >= 4 is 17.3 Å². The summed E-state index contributed by atoms with van der Waals surface area (Å²) in [5.41, 5.74) is 0.421. The maximum absolute atomic E-state index is 13.5. The van der Waals surface area contributed by atoms with E-state index in [0.717, 1.165) is 19.3 Å². The molecule has 3 rings (SSSR count). The van der Waals surface area contributed by atoms with Gasteiger partial charge < -0.3 is 10.6 Å². The first-order chi connectivity index (χ1) is 7.21. The van der Waals surface area contributed by atoms with Gasteiger partial charge in [-0.1, -0.05) is 6.07 Å². The highest BCUT2D eigenvalue weighted by atomic mass is 19.1. The lowest BCUT2D eigenvalue weighted by Gasteiger charge is -2.44. The van der Waals surface area contributed by atoms with Gasteiger partial charge in [0.2, 0.25) is 5.91 Å². The van der Waals surface area contributed by atoms with Crippen LogP contribution in [0, 0.1) is 5.82 Å². The van der Waals surface area contributed by atoms with Crippen LogP contribution in [0.5, 0.6) is 0 Å². The van der Waals surface area contributed by atoms with Crippen LogP contribution in [0.4, 0.5) is 15.8 Å². The molecule has 1 spiro atoms. The fourth-order valence-electron chi connectivity index (χ4n) is 2.18. The van der Waals surface area contributed by atoms with Crippen LogP contribution in [0.25, 0.3) is 0 Å². The number of hydrogen-bond donors (Lipinski definition) is 2. The standard InChI is InChI=1S/C11H11FN2O/c12-7-3-1-4-8-9(7)14-11(5-2-6-11)10(15)13-8/h1,3-4,14H,2,5-6H2,(H,13,15). The molecule has 0 radical (unpaired) electrons. The summed E-state index contributed by atoms with van der Waals surface area (Å²) in [4.78, 5) is 11.8. The molecule has 4 heteroatoms. The highest BCUT2D eigenvalue weighted by molar-refractivity contribution is 6.06. The monoisotopic (exact) mass is 206 g/mol. The summed E-state index contributed by atoms with van der Waals surface area (Å²) in [6.07, 6.45) is 2.59. The second-order valence-corrected chi connectivity index (χ2v) is 4.18. The van der Waals surface area contributed by atoms with E-state index in [1.807, 2.05) is 0 Å². The topological polar surface area (TPSA) is 41.1 Å². The number of rotatable bonds is 0. The maximum atomic E-state index is 13.5. The van der Waals surface area contributed by atoms with Gasteiger partial charge in [0, 0.05) is 0 Å². The Morgan fingerprint density at radius 1 is 1.33 bits per heavy atom. The normalized spacial score (nSPS) is 21.3. The largest absolute Gasteiger partial charge is 0.367 e. The molecule has 3 nitrogen and oxygen atoms in total. The molecule has 1 aromatic rings. The van der Waals surface area contributed by atoms with Crippen molar-refractivity contribution in [3.05, 3.63) is 24.0 Å². The van der Waals surface area contributed by atoms with Gasteiger partial charge in [0.15, 0.2) is 0 Å². The first-order valence-corrected chi connectivity index (χ1v) is 5.09. The zero-order chi connectivity index (χ0) is 10.5. The molecule has 0 saturated heterocycles. The molecule has 1 aliphatic carbocycles. The van der Waals surface area contributed by atoms with Crippen LogP contribution in [-0.4, -0.2) is 11.4 Å². The average Bonchev–Trinajstić information content (AvgIpc) is 2.15. The Morgan fingerprint density at radius 3 is 2.80 bits per heavy atom. The molecule has 0 bridgehead atoms. The van der Waals surface area contributed by atoms with Gasteiger partial charge in [0.25, 0.3) is 0 Å². The zero-order valence-electron chi connectivity index (χ0n) is 8.14. The highest BCUT2D eigenvalue weighted by Gasteiger charge is 2.47. The number of hydrogen-bond acceptors (Lipinski definition) is 2. The SMILES string of the molecule is O=C1Nc2cccc(F)c2NC12CCC2. The predicted octanol–water partition coefficient (Wildman–Crippen LogP) is 2.11. The van der Waals surface area contributed by atoms with Gasteiger partial charge in [-0.05, 0) is 31.4 Å². The number of fused-ring (bicyclic) bond motifs is 1. The summed E-state index contributed by atoms with van der Waals surface area (Å²) in [6.45, 7) is 0. The second kappa shape index (κ2) is 2.72. The Bertz CT molecular complexity index is 440. The molecular weight excluding hydrogens is 195 g/mol. The molecule has 15 heavy (non-hydrogen) atoms. The summed E-state index contributed by atoms with van der Waals surface area (Å²) >= 11 is 0. The molecule has 2 aliphatic rings. The van der Waals surface area contributed by atoms with Gasteiger partial charge >= 0.3 is 0 Å². The Balaban J connectivity index is 2.07. The van der Waals surface area contributed by atoms with Gasteiger partial charge in [-0.3, -0.25) is 4.79 Å². The number of anilines is 2. The van der Waals surface area contributed by atoms with Crippen molar-refractivity contribution in [2.75, 3.05) is 10.6 Å². The molecule has 0 atom stereocenters. The van der Waals surface area contributed by atoms with E-state index >= 15 is 0 Å². The molecule has 2 N–H and O–H groups in total. The van der Waals surface area contributed by atoms with E-state index in [0.29, 0.717) is 11.4 Å². The number of nitrogens with one attached hydrogen (secondary N) is 2. The number of para-hydroxylation sites is 1. The lowest BCUT2D eigenvalue weighted by molar-refractivity contribution is -0.123. The van der Waals surface area contributed by atoms with Crippen LogP contribution in [0.15, 0.2) is 18.2 Å². The maximum Gasteiger partial charge on any atom is 0.250 e. The van der Waals surface area contributed by atoms with Crippen molar-refractivity contribution in [1.29, 1.82) is 0 Å². The fourth-order valence-corrected chi connectivity index (χ4v) is 2.18. The van der Waals surface area contributed by atoms with Gasteiger partial charge in [-0.2, -0.15) is 0 Å². The Labute approximate surface area is 86.7 Å². The first kappa shape index (κ1) is 8.71. The van der Waals surface area contributed by atoms with Gasteiger partial charge in [-0.25, -0.2) is 4.39 Å². The van der Waals surface area contributed by atoms with E-state index in [1.54, 1.807) is 12.1 Å². The lowest BCUT2D eigenvalue weighted by Crippen LogP contribution is -2.57. The summed E-state index contributed by atoms with van der Waals surface area (Å²) in [5, 5.41) is 5.79. The van der Waals surface area contributed by atoms with Gasteiger partial charge in [0.05, 0.1) is 11.4 Å². The number of carbonyl (C=O) groups excluding carboxylic acids is 1. The van der Waals surface area contributed by atoms with Crippen LogP contribution >= 0.6 is 0 Å².